The maximum atomic E-state index is 13.0. The van der Waals surface area contributed by atoms with Crippen LogP contribution < -0.4 is 10.6 Å². The minimum absolute atomic E-state index is 0.144. The van der Waals surface area contributed by atoms with Crippen LogP contribution in [0.1, 0.15) is 31.2 Å². The number of carbonyl (C=O) groups is 1. The van der Waals surface area contributed by atoms with Crippen molar-refractivity contribution < 1.29 is 9.18 Å². The number of halogens is 1. The first-order valence-corrected chi connectivity index (χ1v) is 9.63. The second kappa shape index (κ2) is 8.33. The molecule has 4 rings (SSSR count). The number of anilines is 1. The number of rotatable bonds is 7. The summed E-state index contributed by atoms with van der Waals surface area (Å²) in [6, 6.07) is 6.34. The third-order valence-electron chi connectivity index (χ3n) is 5.16. The Morgan fingerprint density at radius 1 is 1.18 bits per heavy atom. The molecule has 2 aromatic heterocycles. The lowest BCUT2D eigenvalue weighted by atomic mass is 10.1. The Balaban J connectivity index is 1.38. The van der Waals surface area contributed by atoms with Gasteiger partial charge in [0.2, 0.25) is 5.91 Å². The van der Waals surface area contributed by atoms with Crippen LogP contribution in [0, 0.1) is 11.7 Å². The molecule has 1 aromatic carbocycles. The van der Waals surface area contributed by atoms with Crippen LogP contribution in [-0.4, -0.2) is 32.2 Å². The molecular weight excluding hydrogens is 359 g/mol. The largest absolute Gasteiger partial charge is 0.365 e. The third kappa shape index (κ3) is 4.11. The van der Waals surface area contributed by atoms with Crippen LogP contribution in [0.2, 0.25) is 0 Å². The highest BCUT2D eigenvalue weighted by Crippen LogP contribution is 2.24. The van der Waals surface area contributed by atoms with Gasteiger partial charge < -0.3 is 10.6 Å². The van der Waals surface area contributed by atoms with Gasteiger partial charge >= 0.3 is 0 Å². The van der Waals surface area contributed by atoms with Crippen molar-refractivity contribution in [2.75, 3.05) is 11.9 Å². The normalized spacial score (nSPS) is 14.5. The zero-order chi connectivity index (χ0) is 19.3. The first-order valence-electron chi connectivity index (χ1n) is 9.63. The molecule has 0 saturated heterocycles. The monoisotopic (exact) mass is 382 g/mol. The number of nitrogens with one attached hydrogen (secondary N) is 2. The molecule has 146 valence electrons. The van der Waals surface area contributed by atoms with Gasteiger partial charge in [0.05, 0.1) is 18.1 Å². The minimum atomic E-state index is -0.255. The van der Waals surface area contributed by atoms with Crippen molar-refractivity contribution in [1.29, 1.82) is 0 Å². The Hall–Kier alpha value is -3.03. The van der Waals surface area contributed by atoms with Gasteiger partial charge in [0.25, 0.3) is 0 Å². The zero-order valence-corrected chi connectivity index (χ0v) is 15.6. The van der Waals surface area contributed by atoms with Crippen LogP contribution in [0.3, 0.4) is 0 Å². The van der Waals surface area contributed by atoms with E-state index in [0.29, 0.717) is 31.1 Å². The Bertz CT molecular complexity index is 949. The molecule has 1 fully saturated rings. The van der Waals surface area contributed by atoms with Crippen LogP contribution in [-0.2, 0) is 17.9 Å². The number of hydrogen-bond donors (Lipinski definition) is 2. The van der Waals surface area contributed by atoms with Crippen molar-refractivity contribution >= 4 is 22.8 Å². The van der Waals surface area contributed by atoms with Crippen molar-refractivity contribution in [3.05, 3.63) is 48.2 Å². The summed E-state index contributed by atoms with van der Waals surface area (Å²) in [4.78, 5) is 20.8. The Kier molecular flexibility index (Phi) is 5.45. The second-order valence-electron chi connectivity index (χ2n) is 7.08. The van der Waals surface area contributed by atoms with Crippen LogP contribution in [0.5, 0.6) is 0 Å². The van der Waals surface area contributed by atoms with Crippen LogP contribution in [0.15, 0.2) is 36.8 Å². The minimum Gasteiger partial charge on any atom is -0.365 e. The lowest BCUT2D eigenvalue weighted by molar-refractivity contribution is -0.124. The van der Waals surface area contributed by atoms with Crippen LogP contribution in [0.4, 0.5) is 10.2 Å². The van der Waals surface area contributed by atoms with E-state index in [1.807, 2.05) is 0 Å². The highest BCUT2D eigenvalue weighted by molar-refractivity contribution is 5.86. The van der Waals surface area contributed by atoms with Crippen LogP contribution in [0.25, 0.3) is 11.0 Å². The van der Waals surface area contributed by atoms with E-state index in [4.69, 9.17) is 0 Å². The summed E-state index contributed by atoms with van der Waals surface area (Å²) in [6.07, 6.45) is 7.49. The summed E-state index contributed by atoms with van der Waals surface area (Å²) in [5.41, 5.74) is 1.67. The van der Waals surface area contributed by atoms with Crippen molar-refractivity contribution in [3.8, 4) is 0 Å². The predicted octanol–water partition coefficient (Wildman–Crippen LogP) is 2.88. The average Bonchev–Trinajstić information content (AvgIpc) is 3.38. The fourth-order valence-electron chi connectivity index (χ4n) is 3.60. The molecular formula is C20H23FN6O. The topological polar surface area (TPSA) is 84.7 Å². The molecule has 8 heteroatoms. The fraction of sp³-hybridized carbons (Fsp3) is 0.400. The Morgan fingerprint density at radius 2 is 1.96 bits per heavy atom. The standard InChI is InChI=1S/C20H23FN6O/c21-16-7-5-14(6-8-16)11-23-18-17-12-26-27(19(17)25-13-24-18)10-9-22-20(28)15-3-1-2-4-15/h5-8,12-13,15H,1-4,9-11H2,(H,22,28)(H,23,24,25). The molecule has 0 radical (unpaired) electrons. The van der Waals surface area contributed by atoms with Gasteiger partial charge in [-0.15, -0.1) is 0 Å². The predicted molar refractivity (Wildman–Crippen MR) is 104 cm³/mol. The SMILES string of the molecule is O=C(NCCn1ncc2c(NCc3ccc(F)cc3)ncnc21)C1CCCC1. The summed E-state index contributed by atoms with van der Waals surface area (Å²) >= 11 is 0. The first-order chi connectivity index (χ1) is 13.7. The number of nitrogens with zero attached hydrogens (tertiary/aromatic N) is 4. The van der Waals surface area contributed by atoms with Crippen molar-refractivity contribution in [3.63, 3.8) is 0 Å². The highest BCUT2D eigenvalue weighted by Gasteiger charge is 2.22. The van der Waals surface area contributed by atoms with Gasteiger partial charge in [0, 0.05) is 19.0 Å². The molecule has 0 spiro atoms. The molecule has 1 aliphatic rings. The van der Waals surface area contributed by atoms with E-state index in [9.17, 15) is 9.18 Å². The molecule has 0 aliphatic heterocycles. The summed E-state index contributed by atoms with van der Waals surface area (Å²) in [6.45, 7) is 1.60. The van der Waals surface area contributed by atoms with E-state index in [-0.39, 0.29) is 17.6 Å². The van der Waals surface area contributed by atoms with E-state index in [0.717, 1.165) is 36.6 Å². The number of carbonyl (C=O) groups excluding carboxylic acids is 1. The van der Waals surface area contributed by atoms with Gasteiger partial charge in [-0.2, -0.15) is 5.10 Å². The van der Waals surface area contributed by atoms with Gasteiger partial charge in [-0.1, -0.05) is 25.0 Å². The van der Waals surface area contributed by atoms with E-state index >= 15 is 0 Å². The number of fused-ring (bicyclic) bond motifs is 1. The van der Waals surface area contributed by atoms with Gasteiger partial charge in [0.15, 0.2) is 5.65 Å². The molecule has 28 heavy (non-hydrogen) atoms. The molecule has 1 amide bonds. The molecule has 0 atom stereocenters. The zero-order valence-electron chi connectivity index (χ0n) is 15.6. The second-order valence-corrected chi connectivity index (χ2v) is 7.08. The molecule has 2 heterocycles. The number of benzene rings is 1. The van der Waals surface area contributed by atoms with E-state index < -0.39 is 0 Å². The maximum Gasteiger partial charge on any atom is 0.223 e. The lowest BCUT2D eigenvalue weighted by Crippen LogP contribution is -2.32. The number of aromatic nitrogens is 4. The molecule has 1 saturated carbocycles. The van der Waals surface area contributed by atoms with Crippen LogP contribution >= 0.6 is 0 Å². The van der Waals surface area contributed by atoms with Gasteiger partial charge in [0.1, 0.15) is 18.0 Å². The molecule has 0 unspecified atom stereocenters. The van der Waals surface area contributed by atoms with E-state index in [1.165, 1.54) is 18.5 Å². The first kappa shape index (κ1) is 18.3. The average molecular weight is 382 g/mol. The molecule has 7 nitrogen and oxygen atoms in total. The number of amides is 1. The maximum absolute atomic E-state index is 13.0. The molecule has 3 aromatic rings. The highest BCUT2D eigenvalue weighted by atomic mass is 19.1. The quantitative estimate of drug-likeness (QED) is 0.656. The molecule has 0 bridgehead atoms. The summed E-state index contributed by atoms with van der Waals surface area (Å²) in [5.74, 6) is 0.731. The van der Waals surface area contributed by atoms with Gasteiger partial charge in [-0.3, -0.25) is 4.79 Å². The van der Waals surface area contributed by atoms with Crippen molar-refractivity contribution in [1.82, 2.24) is 25.1 Å². The van der Waals surface area contributed by atoms with E-state index in [2.05, 4.69) is 25.7 Å². The fourth-order valence-corrected chi connectivity index (χ4v) is 3.60. The number of hydrogen-bond acceptors (Lipinski definition) is 5. The molecule has 2 N–H and O–H groups in total. The smallest absolute Gasteiger partial charge is 0.223 e. The Morgan fingerprint density at radius 3 is 2.75 bits per heavy atom. The van der Waals surface area contributed by atoms with Gasteiger partial charge in [-0.05, 0) is 30.5 Å². The van der Waals surface area contributed by atoms with E-state index in [1.54, 1.807) is 23.0 Å². The summed E-state index contributed by atoms with van der Waals surface area (Å²) in [5, 5.41) is 11.5. The van der Waals surface area contributed by atoms with Crippen molar-refractivity contribution in [2.45, 2.75) is 38.8 Å². The summed E-state index contributed by atoms with van der Waals surface area (Å²) < 4.78 is 14.8. The van der Waals surface area contributed by atoms with Crippen molar-refractivity contribution in [2.24, 2.45) is 5.92 Å². The molecule has 1 aliphatic carbocycles. The lowest BCUT2D eigenvalue weighted by Gasteiger charge is -2.10. The summed E-state index contributed by atoms with van der Waals surface area (Å²) in [7, 11) is 0. The Labute approximate surface area is 162 Å². The third-order valence-corrected chi connectivity index (χ3v) is 5.16. The van der Waals surface area contributed by atoms with Gasteiger partial charge in [-0.25, -0.2) is 19.0 Å².